The van der Waals surface area contributed by atoms with Crippen molar-refractivity contribution in [2.45, 2.75) is 193 Å². The van der Waals surface area contributed by atoms with Gasteiger partial charge in [-0.1, -0.05) is 123 Å². The molecule has 20 nitrogen and oxygen atoms in total. The number of nitrogens with zero attached hydrogens (tertiary/aromatic N) is 1. The van der Waals surface area contributed by atoms with Crippen molar-refractivity contribution in [3.63, 3.8) is 0 Å². The number of nitrogens with two attached hydrogens (primary N) is 1. The van der Waals surface area contributed by atoms with Gasteiger partial charge in [0, 0.05) is 90.4 Å². The van der Waals surface area contributed by atoms with E-state index in [1.54, 1.807) is 30.3 Å². The van der Waals surface area contributed by atoms with Crippen molar-refractivity contribution in [1.82, 2.24) is 0 Å². The first-order chi connectivity index (χ1) is 57.5. The Balaban J connectivity index is 0.000000373. The van der Waals surface area contributed by atoms with Crippen LogP contribution in [0.3, 0.4) is 0 Å². The third-order valence-electron chi connectivity index (χ3n) is 19.1. The number of alkyl halides is 6. The third-order valence-corrected chi connectivity index (χ3v) is 20.8. The van der Waals surface area contributed by atoms with Crippen LogP contribution in [0.2, 0.25) is 0 Å². The molecule has 0 radical (unpaired) electrons. The zero-order chi connectivity index (χ0) is 91.4. The number of carbonyl (C=O) groups is 3. The SMILES string of the molecule is C1CCOC1.C1CCOC1.C1CCOC1.CC(C)(O)Cc1ccccc1Br.CC1(C)Cc2ccc(CC(=O)c3ccc(F)cc3C(F)(F)F)cc2B(O)O1.CC1(C)Cc2ccc(N)cc2B(O)O1.CC1(C)Cc2ccc([N+](=O)[O-])cc2B(O)O1.CC1(C)Cc2ccccc2B(O)O1.COC(=O)Cc1ccccc1Br.O=C(Cl)c1ccc(F)cc1C(F)(F)F.[Br-].[CH3-].[Mg+2]. The number of anilines is 1. The van der Waals surface area contributed by atoms with Crippen LogP contribution in [0.15, 0.2) is 173 Å². The molecule has 7 N–H and O–H groups in total. The maximum absolute atomic E-state index is 13.2. The molecule has 0 spiro atoms. The smallest absolute Gasteiger partial charge is 1.00 e. The van der Waals surface area contributed by atoms with Crippen molar-refractivity contribution in [2.75, 3.05) is 52.5 Å². The Hall–Kier alpha value is -6.51. The first kappa shape index (κ1) is 114. The number of benzene rings is 8. The summed E-state index contributed by atoms with van der Waals surface area (Å²) in [7, 11) is -2.48. The second-order valence-corrected chi connectivity index (χ2v) is 34.6. The number of rotatable bonds is 9. The Bertz CT molecular complexity index is 4750. The van der Waals surface area contributed by atoms with Crippen LogP contribution in [0, 0.1) is 29.2 Å². The molecule has 3 saturated heterocycles. The number of fused-ring (bicyclic) bond motifs is 4. The molecule has 7 aliphatic rings. The topological polar surface area (TPSA) is 295 Å². The van der Waals surface area contributed by atoms with E-state index in [-0.39, 0.29) is 82.8 Å². The molecule has 0 saturated carbocycles. The summed E-state index contributed by atoms with van der Waals surface area (Å²) in [6, 6.07) is 42.1. The first-order valence-corrected chi connectivity index (χ1v) is 41.7. The summed E-state index contributed by atoms with van der Waals surface area (Å²) in [5.74, 6) is -3.13. The molecule has 126 heavy (non-hydrogen) atoms. The van der Waals surface area contributed by atoms with Crippen molar-refractivity contribution in [1.29, 1.82) is 0 Å². The van der Waals surface area contributed by atoms with Gasteiger partial charge < -0.3 is 92.9 Å². The van der Waals surface area contributed by atoms with E-state index < -0.39 is 107 Å². The fourth-order valence-corrected chi connectivity index (χ4v) is 14.4. The van der Waals surface area contributed by atoms with Crippen LogP contribution in [-0.4, -0.2) is 173 Å². The molecular formula is C89H108B4Br3ClF8MgN2O18. The van der Waals surface area contributed by atoms with Crippen molar-refractivity contribution in [3.05, 3.63) is 263 Å². The Labute approximate surface area is 782 Å². The van der Waals surface area contributed by atoms with Gasteiger partial charge in [-0.05, 0) is 267 Å². The number of esters is 1. The van der Waals surface area contributed by atoms with Gasteiger partial charge in [0.05, 0.1) is 57.6 Å². The fraction of sp³-hybridized carbons (Fsp3) is 0.416. The summed E-state index contributed by atoms with van der Waals surface area (Å²) in [6.45, 7) is 25.0. The number of nitro groups is 1. The standard InChI is InChI=1S/C19H17BF4O3.C10H12BNO4.C10H14BNO2.C10H13BO2.C10H13BrO.C9H9BrO2.C8H3ClF4O.3C4H8O.CH3.BrH.Mg/c1-18(2)10-12-4-3-11(7-16(12)20(26)27-18)8-17(25)14-6-5-13(21)9-15(14)19(22,23)24;1-10(2)6-7-3-4-8(12(14)15)5-9(7)11(13)16-10;1-10(2)6-7-3-4-8(12)5-9(7)11(13)14-10;1-10(2)7-8-5-3-4-6-9(8)11(12)13-10;1-10(2,12)7-8-5-3-4-6-9(8)11;1-12-9(11)6-7-4-2-3-5-8(7)10;9-7(14)5-2-1-4(10)3-6(5)8(11,12)13;3*1-2-4-5-3-1;;;/h3-7,9,26H,8,10H2,1-2H3;3-5,13H,6H2,1-2H3;3-5,13H,6,12H2,1-2H3;3-6,12H,7H2,1-2H3;3-6,12H,7H2,1-2H3;2-5H,6H2,1H3;1-3H;3*1-4H2;1H3;1H;/q;;;;;;;;;;-1;;+2/p-1. The minimum absolute atomic E-state index is 0. The van der Waals surface area contributed by atoms with E-state index in [0.29, 0.717) is 60.0 Å². The van der Waals surface area contributed by atoms with Gasteiger partial charge in [0.2, 0.25) is 0 Å². The second-order valence-electron chi connectivity index (χ2n) is 32.6. The molecule has 3 fully saturated rings. The van der Waals surface area contributed by atoms with E-state index in [2.05, 4.69) is 36.6 Å². The van der Waals surface area contributed by atoms with E-state index >= 15 is 0 Å². The van der Waals surface area contributed by atoms with Crippen molar-refractivity contribution >= 4 is 145 Å². The Morgan fingerprint density at radius 3 is 1.25 bits per heavy atom. The Kier molecular flexibility index (Phi) is 47.4. The van der Waals surface area contributed by atoms with Gasteiger partial charge in [0.15, 0.2) is 5.78 Å². The summed E-state index contributed by atoms with van der Waals surface area (Å²) in [6.07, 6.45) is 1.59. The fourth-order valence-electron chi connectivity index (χ4n) is 13.3. The molecule has 8 aromatic rings. The molecular weight excluding hydrogens is 1880 g/mol. The third kappa shape index (κ3) is 39.3. The molecule has 37 heteroatoms. The number of hydrogen-bond acceptors (Lipinski definition) is 19. The second kappa shape index (κ2) is 52.5. The van der Waals surface area contributed by atoms with Crippen LogP contribution in [0.4, 0.5) is 46.5 Å². The predicted molar refractivity (Wildman–Crippen MR) is 480 cm³/mol. The summed E-state index contributed by atoms with van der Waals surface area (Å²) < 4.78 is 145. The summed E-state index contributed by atoms with van der Waals surface area (Å²) in [5, 5.41) is 58.2. The van der Waals surface area contributed by atoms with Gasteiger partial charge in [0.25, 0.3) is 10.9 Å². The minimum Gasteiger partial charge on any atom is -1.00 e. The molecule has 7 aliphatic heterocycles. The first-order valence-electron chi connectivity index (χ1n) is 39.7. The van der Waals surface area contributed by atoms with E-state index in [0.717, 1.165) is 118 Å². The summed E-state index contributed by atoms with van der Waals surface area (Å²) in [5.41, 5.74) is 9.38. The van der Waals surface area contributed by atoms with Crippen molar-refractivity contribution in [3.8, 4) is 0 Å². The van der Waals surface area contributed by atoms with E-state index in [9.17, 15) is 84.8 Å². The minimum atomic E-state index is -4.83. The average Bonchev–Trinajstić information content (AvgIpc) is 1.00. The van der Waals surface area contributed by atoms with Crippen LogP contribution in [-0.2, 0) is 99.7 Å². The number of nitro benzene ring substituents is 1. The van der Waals surface area contributed by atoms with E-state index in [4.69, 9.17) is 50.2 Å². The molecule has 0 aliphatic carbocycles. The van der Waals surface area contributed by atoms with Crippen molar-refractivity contribution < 1.29 is 134 Å². The van der Waals surface area contributed by atoms with Crippen LogP contribution in [0.1, 0.15) is 179 Å². The monoisotopic (exact) mass is 1980 g/mol. The van der Waals surface area contributed by atoms with Gasteiger partial charge in [-0.2, -0.15) is 26.3 Å². The van der Waals surface area contributed by atoms with Gasteiger partial charge >= 0.3 is 69.8 Å². The molecule has 680 valence electrons. The molecule has 0 bridgehead atoms. The molecule has 0 atom stereocenters. The number of carbonyl (C=O) groups excluding carboxylic acids is 3. The maximum Gasteiger partial charge on any atom is 2.00 e. The van der Waals surface area contributed by atoms with Gasteiger partial charge in [-0.25, -0.2) is 8.78 Å². The number of ether oxygens (including phenoxy) is 4. The number of halogens is 12. The summed E-state index contributed by atoms with van der Waals surface area (Å²) in [4.78, 5) is 44.0. The molecule has 0 amide bonds. The predicted octanol–water partition coefficient (Wildman–Crippen LogP) is 12.6. The average molecular weight is 1990 g/mol. The number of nitrogen functional groups attached to an aromatic ring is 1. The quantitative estimate of drug-likeness (QED) is 0.00900. The summed E-state index contributed by atoms with van der Waals surface area (Å²) >= 11 is 11.7. The van der Waals surface area contributed by atoms with Crippen LogP contribution < -0.4 is 44.6 Å². The Morgan fingerprint density at radius 1 is 0.508 bits per heavy atom. The maximum atomic E-state index is 13.2. The number of aliphatic hydroxyl groups is 1. The van der Waals surface area contributed by atoms with Crippen LogP contribution in [0.25, 0.3) is 0 Å². The van der Waals surface area contributed by atoms with Crippen LogP contribution >= 0.6 is 43.5 Å². The number of hydrogen-bond donors (Lipinski definition) is 6. The molecule has 7 heterocycles. The number of ketones is 1. The normalized spacial score (nSPS) is 16.1. The van der Waals surface area contributed by atoms with E-state index in [1.807, 2.05) is 154 Å². The van der Waals surface area contributed by atoms with E-state index in [1.165, 1.54) is 63.3 Å². The molecule has 15 rings (SSSR count). The largest absolute Gasteiger partial charge is 2.00 e. The number of Topliss-reactive ketones (excluding diaryl/α,β-unsaturated/α-hetero) is 1. The van der Waals surface area contributed by atoms with Gasteiger partial charge in [0.1, 0.15) is 11.6 Å². The van der Waals surface area contributed by atoms with Crippen molar-refractivity contribution in [2.24, 2.45) is 0 Å². The zero-order valence-electron chi connectivity index (χ0n) is 72.6. The molecule has 8 aromatic carbocycles. The molecule has 0 unspecified atom stereocenters. The number of methoxy groups -OCH3 is 1. The zero-order valence-corrected chi connectivity index (χ0v) is 79.6. The van der Waals surface area contributed by atoms with Crippen LogP contribution in [0.5, 0.6) is 0 Å². The molecule has 0 aromatic heterocycles. The van der Waals surface area contributed by atoms with Gasteiger partial charge in [-0.15, -0.1) is 0 Å². The van der Waals surface area contributed by atoms with Gasteiger partial charge in [-0.3, -0.25) is 24.5 Å². The Morgan fingerprint density at radius 2 is 0.865 bits per heavy atom. The number of non-ortho nitro benzene ring substituents is 1.